The summed E-state index contributed by atoms with van der Waals surface area (Å²) in [5.74, 6) is -0.0379. The molecule has 1 aliphatic carbocycles. The van der Waals surface area contributed by atoms with Gasteiger partial charge in [0, 0.05) is 19.5 Å². The number of nitrogens with zero attached hydrogens (tertiary/aromatic N) is 1. The van der Waals surface area contributed by atoms with Crippen molar-refractivity contribution < 1.29 is 14.7 Å². The highest BCUT2D eigenvalue weighted by molar-refractivity contribution is 5.78. The van der Waals surface area contributed by atoms with Crippen LogP contribution in [0.15, 0.2) is 0 Å². The van der Waals surface area contributed by atoms with Crippen LogP contribution in [0.3, 0.4) is 0 Å². The summed E-state index contributed by atoms with van der Waals surface area (Å²) in [7, 11) is 0. The number of carbonyl (C=O) groups excluding carboxylic acids is 1. The van der Waals surface area contributed by atoms with E-state index in [0.29, 0.717) is 12.3 Å². The van der Waals surface area contributed by atoms with Crippen LogP contribution in [0.25, 0.3) is 0 Å². The van der Waals surface area contributed by atoms with Crippen molar-refractivity contribution in [3.8, 4) is 0 Å². The van der Waals surface area contributed by atoms with Crippen LogP contribution in [0.2, 0.25) is 0 Å². The molecule has 1 unspecified atom stereocenters. The molecule has 0 aromatic heterocycles. The normalized spacial score (nSPS) is 25.3. The average Bonchev–Trinajstić information content (AvgIpc) is 2.95. The summed E-state index contributed by atoms with van der Waals surface area (Å²) >= 11 is 0. The third kappa shape index (κ3) is 3.98. The zero-order valence-corrected chi connectivity index (χ0v) is 13.7. The van der Waals surface area contributed by atoms with Crippen molar-refractivity contribution in [2.24, 2.45) is 16.7 Å². The molecule has 0 aromatic rings. The van der Waals surface area contributed by atoms with Crippen LogP contribution in [-0.2, 0) is 9.59 Å². The monoisotopic (exact) mass is 295 g/mol. The maximum Gasteiger partial charge on any atom is 0.303 e. The Kier molecular flexibility index (Phi) is 4.64. The van der Waals surface area contributed by atoms with Gasteiger partial charge in [-0.2, -0.15) is 0 Å². The molecule has 120 valence electrons. The molecule has 0 bridgehead atoms. The summed E-state index contributed by atoms with van der Waals surface area (Å²) in [6.07, 6.45) is 5.55. The smallest absolute Gasteiger partial charge is 0.303 e. The Morgan fingerprint density at radius 3 is 2.29 bits per heavy atom. The van der Waals surface area contributed by atoms with Gasteiger partial charge in [-0.25, -0.2) is 0 Å². The molecule has 0 radical (unpaired) electrons. The number of carbonyl (C=O) groups is 2. The van der Waals surface area contributed by atoms with Gasteiger partial charge < -0.3 is 10.0 Å². The fourth-order valence-corrected chi connectivity index (χ4v) is 3.99. The van der Waals surface area contributed by atoms with Crippen LogP contribution in [-0.4, -0.2) is 35.0 Å². The number of aliphatic carboxylic acids is 1. The van der Waals surface area contributed by atoms with Gasteiger partial charge in [-0.3, -0.25) is 9.59 Å². The highest BCUT2D eigenvalue weighted by Crippen LogP contribution is 2.45. The summed E-state index contributed by atoms with van der Waals surface area (Å²) in [5.41, 5.74) is -0.0378. The standard InChI is InChI=1S/C17H29NO3/c1-16(2,3)13-6-9-18(12-13)14(19)10-17(11-15(20)21)7-4-5-8-17/h13H,4-12H2,1-3H3,(H,20,21). The van der Waals surface area contributed by atoms with Gasteiger partial charge in [-0.15, -0.1) is 0 Å². The number of carboxylic acid groups (broad SMARTS) is 1. The molecule has 1 atom stereocenters. The molecule has 1 saturated carbocycles. The van der Waals surface area contributed by atoms with Crippen LogP contribution in [0, 0.1) is 16.7 Å². The molecule has 1 amide bonds. The molecule has 21 heavy (non-hydrogen) atoms. The van der Waals surface area contributed by atoms with Crippen LogP contribution in [0.5, 0.6) is 0 Å². The molecule has 1 aliphatic heterocycles. The van der Waals surface area contributed by atoms with Crippen molar-refractivity contribution in [2.75, 3.05) is 13.1 Å². The average molecular weight is 295 g/mol. The summed E-state index contributed by atoms with van der Waals surface area (Å²) < 4.78 is 0. The molecule has 4 heteroatoms. The minimum absolute atomic E-state index is 0.148. The Labute approximate surface area is 127 Å². The van der Waals surface area contributed by atoms with Gasteiger partial charge in [-0.1, -0.05) is 33.6 Å². The van der Waals surface area contributed by atoms with E-state index in [1.54, 1.807) is 0 Å². The Morgan fingerprint density at radius 2 is 1.81 bits per heavy atom. The van der Waals surface area contributed by atoms with Crippen LogP contribution in [0.1, 0.15) is 65.7 Å². The van der Waals surface area contributed by atoms with Crippen LogP contribution in [0.4, 0.5) is 0 Å². The van der Waals surface area contributed by atoms with Gasteiger partial charge in [0.05, 0.1) is 6.42 Å². The van der Waals surface area contributed by atoms with Crippen molar-refractivity contribution in [1.82, 2.24) is 4.90 Å². The number of amides is 1. The van der Waals surface area contributed by atoms with Gasteiger partial charge in [0.15, 0.2) is 0 Å². The summed E-state index contributed by atoms with van der Waals surface area (Å²) in [4.78, 5) is 25.7. The minimum Gasteiger partial charge on any atom is -0.481 e. The summed E-state index contributed by atoms with van der Waals surface area (Å²) in [6.45, 7) is 8.37. The first kappa shape index (κ1) is 16.3. The van der Waals surface area contributed by atoms with Crippen molar-refractivity contribution in [3.05, 3.63) is 0 Å². The van der Waals surface area contributed by atoms with E-state index < -0.39 is 5.97 Å². The quantitative estimate of drug-likeness (QED) is 0.865. The van der Waals surface area contributed by atoms with E-state index in [9.17, 15) is 9.59 Å². The largest absolute Gasteiger partial charge is 0.481 e. The number of likely N-dealkylation sites (tertiary alicyclic amines) is 1. The molecule has 2 rings (SSSR count). The lowest BCUT2D eigenvalue weighted by atomic mass is 9.79. The van der Waals surface area contributed by atoms with Gasteiger partial charge in [0.1, 0.15) is 0 Å². The number of rotatable bonds is 4. The Bertz CT molecular complexity index is 405. The molecular formula is C17H29NO3. The number of carboxylic acids is 1. The lowest BCUT2D eigenvalue weighted by Crippen LogP contribution is -2.35. The Balaban J connectivity index is 1.96. The second-order valence-electron chi connectivity index (χ2n) is 8.15. The van der Waals surface area contributed by atoms with E-state index in [4.69, 9.17) is 5.11 Å². The van der Waals surface area contributed by atoms with Crippen molar-refractivity contribution >= 4 is 11.9 Å². The summed E-state index contributed by atoms with van der Waals surface area (Å²) in [6, 6.07) is 0. The molecule has 4 nitrogen and oxygen atoms in total. The van der Waals surface area contributed by atoms with Gasteiger partial charge in [-0.05, 0) is 36.0 Å². The molecule has 1 heterocycles. The molecule has 2 fully saturated rings. The van der Waals surface area contributed by atoms with E-state index in [1.807, 2.05) is 4.90 Å². The highest BCUT2D eigenvalue weighted by Gasteiger charge is 2.41. The van der Waals surface area contributed by atoms with E-state index in [1.165, 1.54) is 0 Å². The lowest BCUT2D eigenvalue weighted by molar-refractivity contribution is -0.141. The fraction of sp³-hybridized carbons (Fsp3) is 0.882. The molecule has 1 saturated heterocycles. The van der Waals surface area contributed by atoms with Crippen LogP contribution < -0.4 is 0 Å². The van der Waals surface area contributed by atoms with E-state index in [2.05, 4.69) is 20.8 Å². The molecule has 0 aromatic carbocycles. The highest BCUT2D eigenvalue weighted by atomic mass is 16.4. The molecule has 1 N–H and O–H groups in total. The predicted molar refractivity (Wildman–Crippen MR) is 81.9 cm³/mol. The number of hydrogen-bond acceptors (Lipinski definition) is 2. The first-order valence-electron chi connectivity index (χ1n) is 8.21. The Hall–Kier alpha value is -1.06. The maximum atomic E-state index is 12.6. The molecule has 2 aliphatic rings. The molecular weight excluding hydrogens is 266 g/mol. The second-order valence-corrected chi connectivity index (χ2v) is 8.15. The summed E-state index contributed by atoms with van der Waals surface area (Å²) in [5, 5.41) is 9.14. The topological polar surface area (TPSA) is 57.6 Å². The SMILES string of the molecule is CC(C)(C)C1CCN(C(=O)CC2(CC(=O)O)CCCC2)C1. The van der Waals surface area contributed by atoms with E-state index in [-0.39, 0.29) is 23.2 Å². The minimum atomic E-state index is -0.765. The Morgan fingerprint density at radius 1 is 1.19 bits per heavy atom. The first-order chi connectivity index (χ1) is 9.72. The van der Waals surface area contributed by atoms with Crippen molar-refractivity contribution in [2.45, 2.75) is 65.7 Å². The van der Waals surface area contributed by atoms with Gasteiger partial charge in [0.25, 0.3) is 0 Å². The van der Waals surface area contributed by atoms with Gasteiger partial charge in [0.2, 0.25) is 5.91 Å². The third-order valence-electron chi connectivity index (χ3n) is 5.48. The van der Waals surface area contributed by atoms with E-state index in [0.717, 1.165) is 45.2 Å². The zero-order chi connectivity index (χ0) is 15.7. The first-order valence-corrected chi connectivity index (χ1v) is 8.21. The predicted octanol–water partition coefficient (Wildman–Crippen LogP) is 3.31. The second kappa shape index (κ2) is 5.98. The third-order valence-corrected chi connectivity index (χ3v) is 5.48. The molecule has 0 spiro atoms. The lowest BCUT2D eigenvalue weighted by Gasteiger charge is -2.30. The number of hydrogen-bond donors (Lipinski definition) is 1. The van der Waals surface area contributed by atoms with Crippen molar-refractivity contribution in [3.63, 3.8) is 0 Å². The van der Waals surface area contributed by atoms with Gasteiger partial charge >= 0.3 is 5.97 Å². The fourth-order valence-electron chi connectivity index (χ4n) is 3.99. The zero-order valence-electron chi connectivity index (χ0n) is 13.7. The van der Waals surface area contributed by atoms with Crippen molar-refractivity contribution in [1.29, 1.82) is 0 Å². The van der Waals surface area contributed by atoms with E-state index >= 15 is 0 Å². The van der Waals surface area contributed by atoms with Crippen LogP contribution >= 0.6 is 0 Å². The maximum absolute atomic E-state index is 12.6.